The molecule has 0 aliphatic rings. The average Bonchev–Trinajstić information content (AvgIpc) is 2.65. The molecule has 24 heavy (non-hydrogen) atoms. The highest BCUT2D eigenvalue weighted by Gasteiger charge is 2.08. The Balaban J connectivity index is 0.00000123. The van der Waals surface area contributed by atoms with Gasteiger partial charge in [0.1, 0.15) is 0 Å². The molecule has 0 heterocycles. The molecule has 0 aliphatic heterocycles. The van der Waals surface area contributed by atoms with Gasteiger partial charge in [0, 0.05) is 12.1 Å². The fraction of sp³-hybridized carbons (Fsp3) is 0.455. The minimum Gasteiger partial charge on any atom is -0.327 e. The third-order valence-electron chi connectivity index (χ3n) is 3.59. The minimum atomic E-state index is 0.194. The topological polar surface area (TPSA) is 52.0 Å². The first kappa shape index (κ1) is 22.4. The van der Waals surface area contributed by atoms with Gasteiger partial charge < -0.3 is 11.5 Å². The van der Waals surface area contributed by atoms with E-state index in [1.165, 1.54) is 11.1 Å². The summed E-state index contributed by atoms with van der Waals surface area (Å²) < 4.78 is 0. The second kappa shape index (κ2) is 14.9. The maximum Gasteiger partial charge on any atom is 0.00799 e. The van der Waals surface area contributed by atoms with Gasteiger partial charge in [0.2, 0.25) is 0 Å². The van der Waals surface area contributed by atoms with Gasteiger partial charge in [-0.1, -0.05) is 88.4 Å². The van der Waals surface area contributed by atoms with Crippen molar-refractivity contribution in [1.82, 2.24) is 0 Å². The largest absolute Gasteiger partial charge is 0.327 e. The van der Waals surface area contributed by atoms with Gasteiger partial charge in [-0.05, 0) is 36.8 Å². The van der Waals surface area contributed by atoms with Crippen LogP contribution in [0.3, 0.4) is 0 Å². The van der Waals surface area contributed by atoms with Gasteiger partial charge in [0.05, 0.1) is 0 Å². The molecule has 134 valence electrons. The molecule has 0 unspecified atom stereocenters. The van der Waals surface area contributed by atoms with Gasteiger partial charge in [0.15, 0.2) is 0 Å². The molecule has 0 fully saturated rings. The third kappa shape index (κ3) is 10.2. The van der Waals surface area contributed by atoms with E-state index >= 15 is 0 Å². The van der Waals surface area contributed by atoms with Crippen LogP contribution in [0.25, 0.3) is 0 Å². The molecule has 0 aromatic heterocycles. The predicted molar refractivity (Wildman–Crippen MR) is 108 cm³/mol. The monoisotopic (exact) mass is 328 g/mol. The van der Waals surface area contributed by atoms with Crippen molar-refractivity contribution in [3.05, 3.63) is 71.8 Å². The summed E-state index contributed by atoms with van der Waals surface area (Å²) in [4.78, 5) is 0. The van der Waals surface area contributed by atoms with Crippen LogP contribution in [0.15, 0.2) is 60.7 Å². The van der Waals surface area contributed by atoms with E-state index in [9.17, 15) is 0 Å². The zero-order valence-electron chi connectivity index (χ0n) is 15.9. The van der Waals surface area contributed by atoms with Crippen LogP contribution in [0.1, 0.15) is 51.7 Å². The molecule has 0 spiro atoms. The summed E-state index contributed by atoms with van der Waals surface area (Å²) in [7, 11) is 0. The lowest BCUT2D eigenvalue weighted by molar-refractivity contribution is 0.514. The Kier molecular flexibility index (Phi) is 13.9. The summed E-state index contributed by atoms with van der Waals surface area (Å²) in [6.45, 7) is 8.00. The molecule has 2 rings (SSSR count). The van der Waals surface area contributed by atoms with Crippen molar-refractivity contribution in [1.29, 1.82) is 0 Å². The van der Waals surface area contributed by atoms with Gasteiger partial charge >= 0.3 is 0 Å². The number of hydrogen-bond donors (Lipinski definition) is 2. The highest BCUT2D eigenvalue weighted by molar-refractivity contribution is 5.16. The lowest BCUT2D eigenvalue weighted by atomic mass is 9.97. The van der Waals surface area contributed by atoms with E-state index in [-0.39, 0.29) is 12.1 Å². The van der Waals surface area contributed by atoms with Crippen molar-refractivity contribution in [2.24, 2.45) is 11.5 Å². The average molecular weight is 329 g/mol. The second-order valence-corrected chi connectivity index (χ2v) is 5.48. The van der Waals surface area contributed by atoms with E-state index in [1.807, 2.05) is 39.8 Å². The van der Waals surface area contributed by atoms with Crippen molar-refractivity contribution in [3.8, 4) is 0 Å². The van der Waals surface area contributed by atoms with E-state index in [1.54, 1.807) is 0 Å². The van der Waals surface area contributed by atoms with Gasteiger partial charge in [-0.3, -0.25) is 0 Å². The van der Waals surface area contributed by atoms with Crippen molar-refractivity contribution in [3.63, 3.8) is 0 Å². The van der Waals surface area contributed by atoms with Crippen LogP contribution in [-0.4, -0.2) is 12.1 Å². The zero-order valence-corrected chi connectivity index (χ0v) is 15.9. The molecule has 2 heteroatoms. The van der Waals surface area contributed by atoms with Gasteiger partial charge in [-0.25, -0.2) is 0 Å². The van der Waals surface area contributed by atoms with Gasteiger partial charge in [-0.15, -0.1) is 0 Å². The molecule has 2 nitrogen and oxygen atoms in total. The molecule has 2 aromatic carbocycles. The molecule has 0 bridgehead atoms. The van der Waals surface area contributed by atoms with Crippen molar-refractivity contribution < 1.29 is 0 Å². The normalized spacial score (nSPS) is 12.1. The summed E-state index contributed by atoms with van der Waals surface area (Å²) >= 11 is 0. The SMILES string of the molecule is CC.CC.N[C@H](CC[C@H](N)Cc1ccccc1)Cc1ccccc1. The fourth-order valence-electron chi connectivity index (χ4n) is 2.47. The number of rotatable bonds is 7. The Morgan fingerprint density at radius 2 is 0.875 bits per heavy atom. The minimum absolute atomic E-state index is 0.194. The molecule has 2 aromatic rings. The number of benzene rings is 2. The lowest BCUT2D eigenvalue weighted by Gasteiger charge is -2.16. The lowest BCUT2D eigenvalue weighted by Crippen LogP contribution is -2.29. The summed E-state index contributed by atoms with van der Waals surface area (Å²) in [6.07, 6.45) is 3.81. The highest BCUT2D eigenvalue weighted by atomic mass is 14.7. The maximum atomic E-state index is 6.19. The van der Waals surface area contributed by atoms with Crippen molar-refractivity contribution in [2.75, 3.05) is 0 Å². The third-order valence-corrected chi connectivity index (χ3v) is 3.59. The Labute approximate surface area is 149 Å². The van der Waals surface area contributed by atoms with Crippen LogP contribution in [0, 0.1) is 0 Å². The Morgan fingerprint density at radius 1 is 0.583 bits per heavy atom. The Hall–Kier alpha value is -1.64. The quantitative estimate of drug-likeness (QED) is 0.755. The van der Waals surface area contributed by atoms with Crippen LogP contribution in [0.2, 0.25) is 0 Å². The fourth-order valence-corrected chi connectivity index (χ4v) is 2.47. The molecule has 0 aliphatic carbocycles. The molecule has 0 radical (unpaired) electrons. The van der Waals surface area contributed by atoms with Crippen molar-refractivity contribution in [2.45, 2.75) is 65.5 Å². The summed E-state index contributed by atoms with van der Waals surface area (Å²) in [5.74, 6) is 0. The van der Waals surface area contributed by atoms with Gasteiger partial charge in [-0.2, -0.15) is 0 Å². The second-order valence-electron chi connectivity index (χ2n) is 5.48. The standard InChI is InChI=1S/C18H24N2.2C2H6/c19-17(13-15-7-3-1-4-8-15)11-12-18(20)14-16-9-5-2-6-10-16;2*1-2/h1-10,17-18H,11-14,19-20H2;2*1-2H3/t17-,18+;;. The molecule has 4 N–H and O–H groups in total. The summed E-state index contributed by atoms with van der Waals surface area (Å²) in [6, 6.07) is 21.2. The van der Waals surface area contributed by atoms with E-state index in [0.29, 0.717) is 0 Å². The molecule has 0 saturated carbocycles. The van der Waals surface area contributed by atoms with E-state index in [0.717, 1.165) is 25.7 Å². The summed E-state index contributed by atoms with van der Waals surface area (Å²) in [5, 5.41) is 0. The van der Waals surface area contributed by atoms with E-state index in [4.69, 9.17) is 11.5 Å². The molecule has 0 amide bonds. The van der Waals surface area contributed by atoms with Crippen LogP contribution in [0.4, 0.5) is 0 Å². The first-order chi connectivity index (χ1) is 11.7. The predicted octanol–water partition coefficient (Wildman–Crippen LogP) is 4.96. The number of nitrogens with two attached hydrogens (primary N) is 2. The highest BCUT2D eigenvalue weighted by Crippen LogP contribution is 2.10. The smallest absolute Gasteiger partial charge is 0.00799 e. The first-order valence-electron chi connectivity index (χ1n) is 9.33. The van der Waals surface area contributed by atoms with Crippen LogP contribution < -0.4 is 11.5 Å². The maximum absolute atomic E-state index is 6.19. The van der Waals surface area contributed by atoms with E-state index < -0.39 is 0 Å². The van der Waals surface area contributed by atoms with Gasteiger partial charge in [0.25, 0.3) is 0 Å². The van der Waals surface area contributed by atoms with Crippen molar-refractivity contribution >= 4 is 0 Å². The van der Waals surface area contributed by atoms with Crippen LogP contribution in [0.5, 0.6) is 0 Å². The Bertz CT molecular complexity index is 434. The molecule has 0 saturated heterocycles. The Morgan fingerprint density at radius 3 is 1.17 bits per heavy atom. The van der Waals surface area contributed by atoms with E-state index in [2.05, 4.69) is 48.5 Å². The van der Waals surface area contributed by atoms with Crippen LogP contribution in [-0.2, 0) is 12.8 Å². The van der Waals surface area contributed by atoms with Crippen LogP contribution >= 0.6 is 0 Å². The number of hydrogen-bond acceptors (Lipinski definition) is 2. The summed E-state index contributed by atoms with van der Waals surface area (Å²) in [5.41, 5.74) is 15.0. The first-order valence-corrected chi connectivity index (χ1v) is 9.33. The zero-order chi connectivity index (χ0) is 18.2. The molecular weight excluding hydrogens is 292 g/mol. The molecule has 2 atom stereocenters. The molecular formula is C22H36N2.